The SMILES string of the molecule is Cn1c(=O)n(C)c2cc(-c3c4ccccc4c(-c4ccc(-c5nc(-c6ccccc6)nc(-c6ccccc6-c6ccccc6)n5)cc4)c4ccccc34)ccc21. The molecule has 2 aromatic heterocycles. The van der Waals surface area contributed by atoms with Crippen molar-refractivity contribution in [3.63, 3.8) is 0 Å². The maximum Gasteiger partial charge on any atom is 0.328 e. The summed E-state index contributed by atoms with van der Waals surface area (Å²) < 4.78 is 3.42. The van der Waals surface area contributed by atoms with Crippen molar-refractivity contribution in [2.24, 2.45) is 14.1 Å². The highest BCUT2D eigenvalue weighted by molar-refractivity contribution is 6.21. The average Bonchev–Trinajstić information content (AvgIpc) is 3.48. The van der Waals surface area contributed by atoms with Gasteiger partial charge in [0, 0.05) is 30.8 Å². The molecule has 0 aliphatic carbocycles. The van der Waals surface area contributed by atoms with E-state index >= 15 is 0 Å². The number of benzene rings is 8. The van der Waals surface area contributed by atoms with E-state index in [4.69, 9.17) is 15.0 Å². The van der Waals surface area contributed by atoms with Crippen molar-refractivity contribution in [2.75, 3.05) is 0 Å². The molecule has 0 aliphatic heterocycles. The molecule has 0 aliphatic rings. The third-order valence-corrected chi connectivity index (χ3v) is 10.8. The molecule has 0 saturated heterocycles. The molecule has 2 heterocycles. The summed E-state index contributed by atoms with van der Waals surface area (Å²) in [5, 5.41) is 4.61. The van der Waals surface area contributed by atoms with E-state index in [1.165, 1.54) is 0 Å². The third kappa shape index (κ3) is 5.50. The fourth-order valence-electron chi connectivity index (χ4n) is 8.09. The zero-order chi connectivity index (χ0) is 37.8. The van der Waals surface area contributed by atoms with Crippen LogP contribution in [0.1, 0.15) is 0 Å². The monoisotopic (exact) mass is 721 g/mol. The highest BCUT2D eigenvalue weighted by Gasteiger charge is 2.19. The van der Waals surface area contributed by atoms with Gasteiger partial charge in [0.1, 0.15) is 0 Å². The van der Waals surface area contributed by atoms with Crippen LogP contribution in [0.2, 0.25) is 0 Å². The van der Waals surface area contributed by atoms with Crippen LogP contribution in [0.4, 0.5) is 0 Å². The zero-order valence-corrected chi connectivity index (χ0v) is 30.9. The minimum atomic E-state index is -0.0349. The van der Waals surface area contributed by atoms with Crippen molar-refractivity contribution in [1.29, 1.82) is 0 Å². The van der Waals surface area contributed by atoms with Crippen LogP contribution in [0, 0.1) is 0 Å². The predicted molar refractivity (Wildman–Crippen MR) is 229 cm³/mol. The van der Waals surface area contributed by atoms with E-state index in [0.29, 0.717) is 17.5 Å². The van der Waals surface area contributed by atoms with Gasteiger partial charge in [0.05, 0.1) is 11.0 Å². The van der Waals surface area contributed by atoms with Crippen molar-refractivity contribution in [1.82, 2.24) is 24.1 Å². The summed E-state index contributed by atoms with van der Waals surface area (Å²) in [6.07, 6.45) is 0. The topological polar surface area (TPSA) is 65.6 Å². The number of nitrogens with zero attached hydrogens (tertiary/aromatic N) is 5. The quantitative estimate of drug-likeness (QED) is 0.160. The number of hydrogen-bond donors (Lipinski definition) is 0. The highest BCUT2D eigenvalue weighted by atomic mass is 16.1. The van der Waals surface area contributed by atoms with Gasteiger partial charge in [0.2, 0.25) is 0 Å². The number of hydrogen-bond acceptors (Lipinski definition) is 4. The van der Waals surface area contributed by atoms with Crippen molar-refractivity contribution in [3.8, 4) is 67.5 Å². The molecule has 6 heteroatoms. The van der Waals surface area contributed by atoms with Gasteiger partial charge in [-0.05, 0) is 67.1 Å². The number of imidazole rings is 1. The Kier molecular flexibility index (Phi) is 7.96. The number of fused-ring (bicyclic) bond motifs is 3. The van der Waals surface area contributed by atoms with E-state index in [0.717, 1.165) is 82.6 Å². The maximum absolute atomic E-state index is 12.8. The van der Waals surface area contributed by atoms with Crippen molar-refractivity contribution in [2.45, 2.75) is 0 Å². The van der Waals surface area contributed by atoms with E-state index < -0.39 is 0 Å². The summed E-state index contributed by atoms with van der Waals surface area (Å²) in [6.45, 7) is 0. The van der Waals surface area contributed by atoms with Gasteiger partial charge in [-0.25, -0.2) is 19.7 Å². The van der Waals surface area contributed by atoms with Crippen LogP contribution >= 0.6 is 0 Å². The first-order valence-corrected chi connectivity index (χ1v) is 18.7. The molecule has 0 N–H and O–H groups in total. The second-order valence-corrected chi connectivity index (χ2v) is 14.1. The van der Waals surface area contributed by atoms with Crippen LogP contribution in [0.3, 0.4) is 0 Å². The minimum Gasteiger partial charge on any atom is -0.295 e. The van der Waals surface area contributed by atoms with Crippen LogP contribution in [-0.2, 0) is 14.1 Å². The number of rotatable bonds is 6. The molecule has 56 heavy (non-hydrogen) atoms. The molecular formula is C50H35N5O. The van der Waals surface area contributed by atoms with E-state index in [-0.39, 0.29) is 5.69 Å². The molecule has 0 spiro atoms. The molecule has 0 radical (unpaired) electrons. The summed E-state index contributed by atoms with van der Waals surface area (Å²) >= 11 is 0. The Bertz CT molecular complexity index is 3110. The van der Waals surface area contributed by atoms with E-state index in [1.54, 1.807) is 9.13 Å². The first-order chi connectivity index (χ1) is 27.5. The predicted octanol–water partition coefficient (Wildman–Crippen LogP) is 11.4. The molecule has 10 rings (SSSR count). The Morgan fingerprint density at radius 3 is 1.36 bits per heavy atom. The molecule has 6 nitrogen and oxygen atoms in total. The highest BCUT2D eigenvalue weighted by Crippen LogP contribution is 2.44. The largest absolute Gasteiger partial charge is 0.328 e. The van der Waals surface area contributed by atoms with Gasteiger partial charge in [-0.1, -0.05) is 164 Å². The van der Waals surface area contributed by atoms with E-state index in [2.05, 4.69) is 133 Å². The molecule has 0 bridgehead atoms. The average molecular weight is 722 g/mol. The summed E-state index contributed by atoms with van der Waals surface area (Å²) in [5.74, 6) is 1.86. The lowest BCUT2D eigenvalue weighted by Crippen LogP contribution is -2.19. The molecule has 10 aromatic rings. The van der Waals surface area contributed by atoms with Crippen molar-refractivity contribution >= 4 is 32.6 Å². The Hall–Kier alpha value is -7.44. The summed E-state index contributed by atoms with van der Waals surface area (Å²) in [6, 6.07) is 60.9. The standard InChI is InChI=1S/C50H35N5O/c1-54-43-30-29-36(31-44(43)55(2)50(54)56)46-40-22-12-10-20-38(40)45(39-21-11-13-23-41(39)46)33-25-27-35(28-26-33)48-51-47(34-17-7-4-8-18-34)52-49(53-48)42-24-14-9-19-37(42)32-15-5-3-6-16-32/h3-31H,1-2H3. The molecular weight excluding hydrogens is 687 g/mol. The van der Waals surface area contributed by atoms with E-state index in [9.17, 15) is 4.79 Å². The minimum absolute atomic E-state index is 0.0349. The Balaban J connectivity index is 1.13. The molecule has 8 aromatic carbocycles. The number of aromatic nitrogens is 5. The Labute approximate surface area is 323 Å². The smallest absolute Gasteiger partial charge is 0.295 e. The van der Waals surface area contributed by atoms with Crippen molar-refractivity contribution in [3.05, 3.63) is 186 Å². The van der Waals surface area contributed by atoms with Gasteiger partial charge in [-0.2, -0.15) is 0 Å². The molecule has 0 fully saturated rings. The van der Waals surface area contributed by atoms with Gasteiger partial charge < -0.3 is 0 Å². The van der Waals surface area contributed by atoms with Gasteiger partial charge in [-0.3, -0.25) is 9.13 Å². The molecule has 266 valence electrons. The lowest BCUT2D eigenvalue weighted by molar-refractivity contribution is 0.795. The first kappa shape index (κ1) is 33.2. The van der Waals surface area contributed by atoms with Crippen LogP contribution in [0.5, 0.6) is 0 Å². The summed E-state index contributed by atoms with van der Waals surface area (Å²) in [5.41, 5.74) is 11.2. The Morgan fingerprint density at radius 1 is 0.357 bits per heavy atom. The van der Waals surface area contributed by atoms with Crippen LogP contribution in [0.25, 0.3) is 100 Å². The van der Waals surface area contributed by atoms with Gasteiger partial charge in [0.15, 0.2) is 17.5 Å². The van der Waals surface area contributed by atoms with Crippen molar-refractivity contribution < 1.29 is 0 Å². The maximum atomic E-state index is 12.8. The van der Waals surface area contributed by atoms with Gasteiger partial charge in [-0.15, -0.1) is 0 Å². The van der Waals surface area contributed by atoms with Crippen LogP contribution in [-0.4, -0.2) is 24.1 Å². The second kappa shape index (κ2) is 13.4. The van der Waals surface area contributed by atoms with Crippen LogP contribution in [0.15, 0.2) is 181 Å². The first-order valence-electron chi connectivity index (χ1n) is 18.7. The lowest BCUT2D eigenvalue weighted by Gasteiger charge is -2.18. The molecule has 0 atom stereocenters. The lowest BCUT2D eigenvalue weighted by atomic mass is 9.86. The normalized spacial score (nSPS) is 11.5. The molecule has 0 amide bonds. The molecule has 0 saturated carbocycles. The molecule has 0 unspecified atom stereocenters. The second-order valence-electron chi connectivity index (χ2n) is 14.1. The fourth-order valence-corrected chi connectivity index (χ4v) is 8.09. The number of aryl methyl sites for hydroxylation is 2. The fraction of sp³-hybridized carbons (Fsp3) is 0.0400. The van der Waals surface area contributed by atoms with Gasteiger partial charge in [0.25, 0.3) is 0 Å². The Morgan fingerprint density at radius 2 is 0.768 bits per heavy atom. The summed E-state index contributed by atoms with van der Waals surface area (Å²) in [7, 11) is 3.66. The van der Waals surface area contributed by atoms with E-state index in [1.807, 2.05) is 56.6 Å². The zero-order valence-electron chi connectivity index (χ0n) is 30.9. The third-order valence-electron chi connectivity index (χ3n) is 10.8. The van der Waals surface area contributed by atoms with Gasteiger partial charge >= 0.3 is 5.69 Å². The van der Waals surface area contributed by atoms with Crippen LogP contribution < -0.4 is 5.69 Å². The summed E-state index contributed by atoms with van der Waals surface area (Å²) in [4.78, 5) is 28.0.